The molecule has 0 saturated carbocycles. The van der Waals surface area contributed by atoms with Crippen LogP contribution in [-0.2, 0) is 9.53 Å². The van der Waals surface area contributed by atoms with Crippen molar-refractivity contribution in [2.75, 3.05) is 44.6 Å². The van der Waals surface area contributed by atoms with E-state index < -0.39 is 0 Å². The number of pyridine rings is 1. The first-order valence-electron chi connectivity index (χ1n) is 10.2. The summed E-state index contributed by atoms with van der Waals surface area (Å²) < 4.78 is 5.96. The molecular formula is C20H28N6O2S. The van der Waals surface area contributed by atoms with Gasteiger partial charge in [0.2, 0.25) is 11.0 Å². The summed E-state index contributed by atoms with van der Waals surface area (Å²) in [5.41, 5.74) is 0.861. The Morgan fingerprint density at radius 2 is 2.10 bits per heavy atom. The highest BCUT2D eigenvalue weighted by atomic mass is 32.1. The lowest BCUT2D eigenvalue weighted by Crippen LogP contribution is -2.47. The van der Waals surface area contributed by atoms with Crippen molar-refractivity contribution < 1.29 is 9.53 Å². The first kappa shape index (κ1) is 20.2. The average Bonchev–Trinajstić information content (AvgIpc) is 3.13. The third kappa shape index (κ3) is 5.29. The number of rotatable bonds is 5. The van der Waals surface area contributed by atoms with Crippen molar-refractivity contribution in [3.63, 3.8) is 0 Å². The molecule has 0 aliphatic carbocycles. The van der Waals surface area contributed by atoms with E-state index in [1.54, 1.807) is 0 Å². The molecule has 1 N–H and O–H groups in total. The lowest BCUT2D eigenvalue weighted by Gasteiger charge is -2.35. The van der Waals surface area contributed by atoms with Crippen LogP contribution in [0.2, 0.25) is 0 Å². The van der Waals surface area contributed by atoms with Crippen LogP contribution >= 0.6 is 11.3 Å². The molecule has 2 fully saturated rings. The quantitative estimate of drug-likeness (QED) is 0.802. The molecule has 8 nitrogen and oxygen atoms in total. The summed E-state index contributed by atoms with van der Waals surface area (Å²) in [6, 6.07) is 5.83. The van der Waals surface area contributed by atoms with Crippen LogP contribution in [0.25, 0.3) is 0 Å². The van der Waals surface area contributed by atoms with Crippen molar-refractivity contribution in [3.05, 3.63) is 28.9 Å². The number of carbonyl (C=O) groups excluding carboxylic acids is 1. The number of amides is 1. The van der Waals surface area contributed by atoms with E-state index in [1.165, 1.54) is 11.3 Å². The van der Waals surface area contributed by atoms with Crippen LogP contribution in [0.15, 0.2) is 18.2 Å². The maximum Gasteiger partial charge on any atom is 0.236 e. The molecule has 0 unspecified atom stereocenters. The van der Waals surface area contributed by atoms with E-state index in [0.717, 1.165) is 60.0 Å². The molecule has 0 aromatic carbocycles. The third-order valence-electron chi connectivity index (χ3n) is 5.51. The Kier molecular flexibility index (Phi) is 6.37. The molecule has 4 heterocycles. The van der Waals surface area contributed by atoms with Crippen molar-refractivity contribution in [2.45, 2.75) is 32.8 Å². The van der Waals surface area contributed by atoms with Gasteiger partial charge in [-0.25, -0.2) is 4.98 Å². The van der Waals surface area contributed by atoms with Crippen molar-refractivity contribution in [2.24, 2.45) is 5.92 Å². The van der Waals surface area contributed by atoms with E-state index in [9.17, 15) is 4.79 Å². The molecule has 2 aromatic rings. The number of anilines is 2. The molecule has 0 spiro atoms. The van der Waals surface area contributed by atoms with Gasteiger partial charge in [-0.15, -0.1) is 10.2 Å². The molecule has 4 rings (SSSR count). The zero-order valence-electron chi connectivity index (χ0n) is 17.0. The Balaban J connectivity index is 1.35. The van der Waals surface area contributed by atoms with E-state index in [1.807, 2.05) is 30.0 Å². The Morgan fingerprint density at radius 1 is 1.28 bits per heavy atom. The van der Waals surface area contributed by atoms with Crippen LogP contribution in [0.3, 0.4) is 0 Å². The second-order valence-electron chi connectivity index (χ2n) is 7.86. The van der Waals surface area contributed by atoms with E-state index in [0.29, 0.717) is 19.7 Å². The molecule has 29 heavy (non-hydrogen) atoms. The molecule has 2 aliphatic rings. The number of nitrogens with zero attached hydrogens (tertiary/aromatic N) is 5. The SMILES string of the molecule is Cc1nnc(Nc2cccc([C@@H]3CN(CC(=O)N4CCC(C)CC4)CCO3)n2)s1. The summed E-state index contributed by atoms with van der Waals surface area (Å²) in [7, 11) is 0. The number of aromatic nitrogens is 3. The summed E-state index contributed by atoms with van der Waals surface area (Å²) in [6.45, 7) is 8.45. The molecule has 0 radical (unpaired) electrons. The van der Waals surface area contributed by atoms with Crippen LogP contribution in [0.1, 0.15) is 36.6 Å². The molecule has 1 amide bonds. The first-order valence-corrected chi connectivity index (χ1v) is 11.0. The molecule has 2 aliphatic heterocycles. The van der Waals surface area contributed by atoms with Gasteiger partial charge in [-0.2, -0.15) is 0 Å². The van der Waals surface area contributed by atoms with E-state index in [2.05, 4.69) is 27.3 Å². The van der Waals surface area contributed by atoms with E-state index in [4.69, 9.17) is 9.72 Å². The van der Waals surface area contributed by atoms with Crippen LogP contribution < -0.4 is 5.32 Å². The van der Waals surface area contributed by atoms with E-state index >= 15 is 0 Å². The third-order valence-corrected chi connectivity index (χ3v) is 6.26. The van der Waals surface area contributed by atoms with Gasteiger partial charge >= 0.3 is 0 Å². The van der Waals surface area contributed by atoms with Gasteiger partial charge in [0.15, 0.2) is 0 Å². The van der Waals surface area contributed by atoms with Gasteiger partial charge < -0.3 is 15.0 Å². The molecule has 0 bridgehead atoms. The number of carbonyl (C=O) groups is 1. The van der Waals surface area contributed by atoms with Crippen LogP contribution in [-0.4, -0.2) is 70.2 Å². The highest BCUT2D eigenvalue weighted by Gasteiger charge is 2.27. The smallest absolute Gasteiger partial charge is 0.236 e. The molecule has 2 saturated heterocycles. The zero-order valence-corrected chi connectivity index (χ0v) is 17.8. The predicted molar refractivity (Wildman–Crippen MR) is 112 cm³/mol. The number of hydrogen-bond acceptors (Lipinski definition) is 8. The van der Waals surface area contributed by atoms with Crippen molar-refractivity contribution in [3.8, 4) is 0 Å². The highest BCUT2D eigenvalue weighted by Crippen LogP contribution is 2.24. The molecule has 2 aromatic heterocycles. The topological polar surface area (TPSA) is 83.5 Å². The molecule has 1 atom stereocenters. The standard InChI is InChI=1S/C20H28N6O2S/c1-14-6-8-26(9-7-14)19(27)13-25-10-11-28-17(12-25)16-4-3-5-18(21-16)22-20-24-23-15(2)29-20/h3-5,14,17H,6-13H2,1-2H3,(H,21,22,24)/t17-/m0/s1. The minimum absolute atomic E-state index is 0.143. The fourth-order valence-electron chi connectivity index (χ4n) is 3.73. The maximum absolute atomic E-state index is 12.7. The lowest BCUT2D eigenvalue weighted by atomic mass is 9.99. The van der Waals surface area contributed by atoms with Gasteiger partial charge in [0.1, 0.15) is 16.9 Å². The number of aryl methyl sites for hydroxylation is 1. The Morgan fingerprint density at radius 3 is 2.86 bits per heavy atom. The maximum atomic E-state index is 12.7. The van der Waals surface area contributed by atoms with Gasteiger partial charge in [-0.05, 0) is 37.8 Å². The van der Waals surface area contributed by atoms with Gasteiger partial charge in [-0.1, -0.05) is 24.3 Å². The second kappa shape index (κ2) is 9.15. The van der Waals surface area contributed by atoms with Crippen molar-refractivity contribution in [1.29, 1.82) is 0 Å². The Hall–Kier alpha value is -2.10. The minimum atomic E-state index is -0.143. The summed E-state index contributed by atoms with van der Waals surface area (Å²) in [4.78, 5) is 21.6. The Labute approximate surface area is 175 Å². The number of piperidine rings is 1. The van der Waals surface area contributed by atoms with Crippen molar-refractivity contribution in [1.82, 2.24) is 25.0 Å². The minimum Gasteiger partial charge on any atom is -0.369 e. The van der Waals surface area contributed by atoms with Crippen LogP contribution in [0.4, 0.5) is 10.9 Å². The van der Waals surface area contributed by atoms with Gasteiger partial charge in [0, 0.05) is 26.2 Å². The van der Waals surface area contributed by atoms with Gasteiger partial charge in [0.25, 0.3) is 0 Å². The largest absolute Gasteiger partial charge is 0.369 e. The van der Waals surface area contributed by atoms with Gasteiger partial charge in [-0.3, -0.25) is 9.69 Å². The summed E-state index contributed by atoms with van der Waals surface area (Å²) in [5.74, 6) is 1.67. The molecular weight excluding hydrogens is 388 g/mol. The summed E-state index contributed by atoms with van der Waals surface area (Å²) in [5, 5.41) is 12.9. The number of nitrogens with one attached hydrogen (secondary N) is 1. The fourth-order valence-corrected chi connectivity index (χ4v) is 4.33. The van der Waals surface area contributed by atoms with E-state index in [-0.39, 0.29) is 12.0 Å². The highest BCUT2D eigenvalue weighted by molar-refractivity contribution is 7.15. The summed E-state index contributed by atoms with van der Waals surface area (Å²) >= 11 is 1.49. The predicted octanol–water partition coefficient (Wildman–Crippen LogP) is 2.62. The zero-order chi connectivity index (χ0) is 20.2. The monoisotopic (exact) mass is 416 g/mol. The van der Waals surface area contributed by atoms with Crippen LogP contribution in [0, 0.1) is 12.8 Å². The fraction of sp³-hybridized carbons (Fsp3) is 0.600. The van der Waals surface area contributed by atoms with Crippen molar-refractivity contribution >= 4 is 28.2 Å². The number of likely N-dealkylation sites (tertiary alicyclic amines) is 1. The normalized spacial score (nSPS) is 21.3. The molecule has 9 heteroatoms. The van der Waals surface area contributed by atoms with Crippen LogP contribution in [0.5, 0.6) is 0 Å². The first-order chi connectivity index (χ1) is 14.1. The summed E-state index contributed by atoms with van der Waals surface area (Å²) in [6.07, 6.45) is 2.07. The average molecular weight is 417 g/mol. The number of morpholine rings is 1. The lowest BCUT2D eigenvalue weighted by molar-refractivity contribution is -0.135. The molecule has 156 valence electrons. The number of hydrogen-bond donors (Lipinski definition) is 1. The van der Waals surface area contributed by atoms with Gasteiger partial charge in [0.05, 0.1) is 18.8 Å². The Bertz CT molecular complexity index is 836. The number of ether oxygens (including phenoxy) is 1. The second-order valence-corrected chi connectivity index (χ2v) is 9.04.